The van der Waals surface area contributed by atoms with Gasteiger partial charge in [0, 0.05) is 36.2 Å². The fraction of sp³-hybridized carbons (Fsp3) is 0.370. The van der Waals surface area contributed by atoms with Crippen LogP contribution in [0, 0.1) is 16.7 Å². The van der Waals surface area contributed by atoms with Crippen LogP contribution < -0.4 is 10.6 Å². The summed E-state index contributed by atoms with van der Waals surface area (Å²) in [6.45, 7) is 6.92. The number of hydrogen-bond donors (Lipinski definition) is 2. The average Bonchev–Trinajstić information content (AvgIpc) is 3.56. The molecule has 5 rings (SSSR count). The van der Waals surface area contributed by atoms with Gasteiger partial charge in [0.25, 0.3) is 6.43 Å². The molecular formula is C27H27ClF2N8. The van der Waals surface area contributed by atoms with E-state index in [4.69, 9.17) is 11.6 Å². The van der Waals surface area contributed by atoms with Crippen LogP contribution in [0.4, 0.5) is 20.2 Å². The summed E-state index contributed by atoms with van der Waals surface area (Å²) in [4.78, 5) is 8.64. The van der Waals surface area contributed by atoms with Crippen LogP contribution >= 0.6 is 11.6 Å². The van der Waals surface area contributed by atoms with Crippen molar-refractivity contribution in [1.29, 1.82) is 5.26 Å². The smallest absolute Gasteiger partial charge is 0.263 e. The van der Waals surface area contributed by atoms with E-state index in [1.54, 1.807) is 30.7 Å². The van der Waals surface area contributed by atoms with Gasteiger partial charge in [0.05, 0.1) is 34.0 Å². The van der Waals surface area contributed by atoms with Crippen molar-refractivity contribution in [3.05, 3.63) is 70.9 Å². The number of hydrogen-bond acceptors (Lipinski definition) is 7. The third-order valence-corrected chi connectivity index (χ3v) is 6.89. The first-order valence-corrected chi connectivity index (χ1v) is 12.6. The van der Waals surface area contributed by atoms with E-state index in [9.17, 15) is 14.0 Å². The molecular weight excluding hydrogens is 510 g/mol. The Morgan fingerprint density at radius 1 is 1.24 bits per heavy atom. The van der Waals surface area contributed by atoms with Crippen LogP contribution in [0.15, 0.2) is 49.1 Å². The molecule has 0 amide bonds. The van der Waals surface area contributed by atoms with E-state index in [0.717, 1.165) is 5.56 Å². The van der Waals surface area contributed by atoms with Crippen molar-refractivity contribution >= 4 is 33.9 Å². The number of fused-ring (bicyclic) bond motifs is 1. The number of rotatable bonds is 8. The van der Waals surface area contributed by atoms with Gasteiger partial charge in [0.1, 0.15) is 17.3 Å². The van der Waals surface area contributed by atoms with E-state index >= 15 is 0 Å². The summed E-state index contributed by atoms with van der Waals surface area (Å²) >= 11 is 6.66. The van der Waals surface area contributed by atoms with Crippen LogP contribution in [-0.2, 0) is 5.54 Å². The molecule has 0 saturated heterocycles. The van der Waals surface area contributed by atoms with Crippen molar-refractivity contribution in [2.24, 2.45) is 5.41 Å². The maximum Gasteiger partial charge on any atom is 0.263 e. The quantitative estimate of drug-likeness (QED) is 0.278. The molecule has 1 aliphatic carbocycles. The van der Waals surface area contributed by atoms with Gasteiger partial charge in [-0.15, -0.1) is 5.10 Å². The Hall–Kier alpha value is -3.84. The second kappa shape index (κ2) is 9.80. The number of aromatic nitrogens is 5. The molecule has 4 aromatic rings. The van der Waals surface area contributed by atoms with Crippen molar-refractivity contribution in [1.82, 2.24) is 25.0 Å². The molecule has 8 nitrogen and oxygen atoms in total. The lowest BCUT2D eigenvalue weighted by Crippen LogP contribution is -2.26. The molecule has 1 fully saturated rings. The predicted octanol–water partition coefficient (Wildman–Crippen LogP) is 6.16. The van der Waals surface area contributed by atoms with E-state index in [2.05, 4.69) is 57.8 Å². The standard InChI is InChI=1S/C27H27ClF2N8/c1-26(2,3)15-34-22-17(11-31)13-33-24-19(22)9-18(10-20(24)28)35-23(16-5-4-8-32-12-16)21-14-38(37-36-21)27(6-7-27)25(29)30/h4-5,8-10,12-14,23,25,35H,6-7,15H2,1-3H3,(H,33,34)/t23-/m0/s1. The van der Waals surface area contributed by atoms with Crippen LogP contribution in [0.5, 0.6) is 0 Å². The lowest BCUT2D eigenvalue weighted by molar-refractivity contribution is 0.0593. The van der Waals surface area contributed by atoms with Gasteiger partial charge in [-0.05, 0) is 42.0 Å². The summed E-state index contributed by atoms with van der Waals surface area (Å²) in [6.07, 6.45) is 4.61. The van der Waals surface area contributed by atoms with Crippen LogP contribution in [0.1, 0.15) is 56.5 Å². The zero-order valence-electron chi connectivity index (χ0n) is 21.2. The number of nitrogens with zero attached hydrogens (tertiary/aromatic N) is 6. The molecule has 0 bridgehead atoms. The Labute approximate surface area is 224 Å². The topological polar surface area (TPSA) is 104 Å². The van der Waals surface area contributed by atoms with E-state index in [-0.39, 0.29) is 5.41 Å². The minimum atomic E-state index is -2.53. The number of halogens is 3. The highest BCUT2D eigenvalue weighted by Gasteiger charge is 2.54. The first-order valence-electron chi connectivity index (χ1n) is 12.2. The highest BCUT2D eigenvalue weighted by Crippen LogP contribution is 2.48. The summed E-state index contributed by atoms with van der Waals surface area (Å²) in [7, 11) is 0. The first kappa shape index (κ1) is 25.8. The average molecular weight is 537 g/mol. The molecule has 38 heavy (non-hydrogen) atoms. The number of alkyl halides is 2. The zero-order chi connectivity index (χ0) is 27.1. The molecule has 0 radical (unpaired) electrons. The molecule has 0 unspecified atom stereocenters. The van der Waals surface area contributed by atoms with E-state index < -0.39 is 18.0 Å². The first-order chi connectivity index (χ1) is 18.1. The maximum absolute atomic E-state index is 13.7. The van der Waals surface area contributed by atoms with Crippen molar-refractivity contribution in [2.75, 3.05) is 17.2 Å². The van der Waals surface area contributed by atoms with Crippen LogP contribution in [0.2, 0.25) is 5.02 Å². The largest absolute Gasteiger partial charge is 0.383 e. The van der Waals surface area contributed by atoms with Gasteiger partial charge in [0.15, 0.2) is 0 Å². The van der Waals surface area contributed by atoms with Gasteiger partial charge in [0.2, 0.25) is 0 Å². The summed E-state index contributed by atoms with van der Waals surface area (Å²) in [5.74, 6) is 0. The highest BCUT2D eigenvalue weighted by molar-refractivity contribution is 6.35. The van der Waals surface area contributed by atoms with Crippen LogP contribution in [0.3, 0.4) is 0 Å². The second-order valence-electron chi connectivity index (χ2n) is 10.8. The Bertz CT molecular complexity index is 1500. The SMILES string of the molecule is CC(C)(C)CNc1c(C#N)cnc2c(Cl)cc(N[C@@H](c3cccnc3)c3cn(C4(C(F)F)CC4)nn3)cc12. The molecule has 2 N–H and O–H groups in total. The van der Waals surface area contributed by atoms with E-state index in [1.165, 1.54) is 10.9 Å². The Balaban J connectivity index is 1.57. The van der Waals surface area contributed by atoms with Crippen molar-refractivity contribution in [2.45, 2.75) is 51.6 Å². The van der Waals surface area contributed by atoms with Crippen molar-refractivity contribution in [3.63, 3.8) is 0 Å². The highest BCUT2D eigenvalue weighted by atomic mass is 35.5. The number of pyridine rings is 2. The Morgan fingerprint density at radius 2 is 2.03 bits per heavy atom. The molecule has 11 heteroatoms. The van der Waals surface area contributed by atoms with E-state index in [1.807, 2.05) is 12.1 Å². The number of nitriles is 1. The third-order valence-electron chi connectivity index (χ3n) is 6.60. The number of benzene rings is 1. The van der Waals surface area contributed by atoms with Gasteiger partial charge < -0.3 is 10.6 Å². The molecule has 1 atom stereocenters. The molecule has 1 aliphatic rings. The molecule has 3 heterocycles. The van der Waals surface area contributed by atoms with Gasteiger partial charge in [-0.25, -0.2) is 13.5 Å². The predicted molar refractivity (Wildman–Crippen MR) is 142 cm³/mol. The molecule has 1 saturated carbocycles. The van der Waals surface area contributed by atoms with E-state index in [0.29, 0.717) is 57.9 Å². The fourth-order valence-corrected chi connectivity index (χ4v) is 4.58. The number of anilines is 2. The van der Waals surface area contributed by atoms with Crippen LogP contribution in [-0.4, -0.2) is 37.9 Å². The Kier molecular flexibility index (Phi) is 6.65. The monoisotopic (exact) mass is 536 g/mol. The fourth-order valence-electron chi connectivity index (χ4n) is 4.32. The minimum absolute atomic E-state index is 0.0314. The van der Waals surface area contributed by atoms with Crippen molar-refractivity contribution in [3.8, 4) is 6.07 Å². The van der Waals surface area contributed by atoms with Crippen molar-refractivity contribution < 1.29 is 8.78 Å². The molecule has 3 aromatic heterocycles. The summed E-state index contributed by atoms with van der Waals surface area (Å²) in [5.41, 5.74) is 2.17. The molecule has 196 valence electrons. The lowest BCUT2D eigenvalue weighted by Gasteiger charge is -2.22. The lowest BCUT2D eigenvalue weighted by atomic mass is 9.96. The van der Waals surface area contributed by atoms with Gasteiger partial charge >= 0.3 is 0 Å². The normalized spacial score (nSPS) is 15.3. The Morgan fingerprint density at radius 3 is 2.66 bits per heavy atom. The number of nitrogens with one attached hydrogen (secondary N) is 2. The van der Waals surface area contributed by atoms with Crippen LogP contribution in [0.25, 0.3) is 10.9 Å². The van der Waals surface area contributed by atoms with Gasteiger partial charge in [-0.1, -0.05) is 43.7 Å². The minimum Gasteiger partial charge on any atom is -0.383 e. The molecule has 0 spiro atoms. The van der Waals surface area contributed by atoms with Gasteiger partial charge in [-0.3, -0.25) is 9.97 Å². The third kappa shape index (κ3) is 4.98. The molecule has 0 aliphatic heterocycles. The molecule has 1 aromatic carbocycles. The second-order valence-corrected chi connectivity index (χ2v) is 11.2. The summed E-state index contributed by atoms with van der Waals surface area (Å²) < 4.78 is 28.7. The summed E-state index contributed by atoms with van der Waals surface area (Å²) in [5, 5.41) is 26.0. The summed E-state index contributed by atoms with van der Waals surface area (Å²) in [6, 6.07) is 8.94. The van der Waals surface area contributed by atoms with Gasteiger partial charge in [-0.2, -0.15) is 5.26 Å². The maximum atomic E-state index is 13.7. The zero-order valence-corrected chi connectivity index (χ0v) is 22.0.